The molecular formula is C11H22N2O2S. The van der Waals surface area contributed by atoms with E-state index in [9.17, 15) is 4.79 Å². The van der Waals surface area contributed by atoms with Crippen LogP contribution in [0.2, 0.25) is 0 Å². The van der Waals surface area contributed by atoms with Crippen LogP contribution in [0.4, 0.5) is 0 Å². The minimum Gasteiger partial charge on any atom is -0.469 e. The molecule has 0 rings (SSSR count). The van der Waals surface area contributed by atoms with Gasteiger partial charge in [0, 0.05) is 19.0 Å². The maximum absolute atomic E-state index is 11.5. The Morgan fingerprint density at radius 1 is 1.56 bits per heavy atom. The van der Waals surface area contributed by atoms with Crippen molar-refractivity contribution < 1.29 is 9.53 Å². The number of hydrogen-bond donors (Lipinski definition) is 1. The number of nitrogens with zero attached hydrogens (tertiary/aromatic N) is 1. The smallest absolute Gasteiger partial charge is 0.312 e. The molecule has 0 aliphatic rings. The number of ether oxygens (including phenoxy) is 1. The molecule has 0 aromatic rings. The van der Waals surface area contributed by atoms with E-state index in [2.05, 4.69) is 0 Å². The van der Waals surface area contributed by atoms with E-state index in [0.717, 1.165) is 6.54 Å². The molecule has 0 aromatic carbocycles. The summed E-state index contributed by atoms with van der Waals surface area (Å²) in [5, 5.41) is 0. The molecule has 0 aliphatic heterocycles. The minimum atomic E-state index is -0.514. The molecule has 1 atom stereocenters. The highest BCUT2D eigenvalue weighted by Crippen LogP contribution is 2.18. The van der Waals surface area contributed by atoms with Gasteiger partial charge in [-0.2, -0.15) is 0 Å². The van der Waals surface area contributed by atoms with Crippen LogP contribution in [-0.4, -0.2) is 43.1 Å². The first-order chi connectivity index (χ1) is 7.20. The fourth-order valence-corrected chi connectivity index (χ4v) is 1.71. The molecule has 5 heteroatoms. The molecule has 0 aliphatic carbocycles. The average Bonchev–Trinajstić information content (AvgIpc) is 2.14. The monoisotopic (exact) mass is 246 g/mol. The minimum absolute atomic E-state index is 0.147. The summed E-state index contributed by atoms with van der Waals surface area (Å²) in [6, 6.07) is 0. The predicted octanol–water partition coefficient (Wildman–Crippen LogP) is 1.04. The molecule has 0 bridgehead atoms. The van der Waals surface area contributed by atoms with E-state index in [-0.39, 0.29) is 11.9 Å². The lowest BCUT2D eigenvalue weighted by Crippen LogP contribution is -2.41. The molecule has 94 valence electrons. The van der Waals surface area contributed by atoms with Crippen molar-refractivity contribution >= 4 is 23.2 Å². The number of methoxy groups -OCH3 is 1. The van der Waals surface area contributed by atoms with Gasteiger partial charge in [-0.25, -0.2) is 0 Å². The Hall–Kier alpha value is -0.680. The molecule has 0 saturated carbocycles. The normalized spacial score (nSPS) is 13.6. The lowest BCUT2D eigenvalue weighted by Gasteiger charge is -2.29. The third-order valence-electron chi connectivity index (χ3n) is 2.47. The standard InChI is InChI=1S/C11H22N2O2S/c1-8(9(12)16)6-13(4)7-11(2,3)10(14)15-5/h8H,6-7H2,1-5H3,(H2,12,16). The van der Waals surface area contributed by atoms with Crippen molar-refractivity contribution in [3.8, 4) is 0 Å². The zero-order valence-electron chi connectivity index (χ0n) is 10.7. The number of carbonyl (C=O) groups is 1. The van der Waals surface area contributed by atoms with Gasteiger partial charge in [0.05, 0.1) is 17.5 Å². The first-order valence-electron chi connectivity index (χ1n) is 5.27. The van der Waals surface area contributed by atoms with Gasteiger partial charge in [0.1, 0.15) is 0 Å². The summed E-state index contributed by atoms with van der Waals surface area (Å²) in [6.45, 7) is 7.06. The summed E-state index contributed by atoms with van der Waals surface area (Å²) in [5.74, 6) is -0.0595. The highest BCUT2D eigenvalue weighted by atomic mass is 32.1. The van der Waals surface area contributed by atoms with Crippen LogP contribution in [0.15, 0.2) is 0 Å². The summed E-state index contributed by atoms with van der Waals surface area (Å²) in [6.07, 6.45) is 0. The summed E-state index contributed by atoms with van der Waals surface area (Å²) in [7, 11) is 3.35. The van der Waals surface area contributed by atoms with Crippen molar-refractivity contribution in [3.05, 3.63) is 0 Å². The van der Waals surface area contributed by atoms with Crippen LogP contribution >= 0.6 is 12.2 Å². The van der Waals surface area contributed by atoms with Crippen molar-refractivity contribution in [1.29, 1.82) is 0 Å². The largest absolute Gasteiger partial charge is 0.469 e. The van der Waals surface area contributed by atoms with Crippen LogP contribution in [-0.2, 0) is 9.53 Å². The Balaban J connectivity index is 4.28. The van der Waals surface area contributed by atoms with Crippen molar-refractivity contribution in [3.63, 3.8) is 0 Å². The lowest BCUT2D eigenvalue weighted by atomic mass is 9.93. The number of carbonyl (C=O) groups excluding carboxylic acids is 1. The maximum Gasteiger partial charge on any atom is 0.312 e. The third-order valence-corrected chi connectivity index (χ3v) is 2.88. The quantitative estimate of drug-likeness (QED) is 0.560. The number of esters is 1. The fraction of sp³-hybridized carbons (Fsp3) is 0.818. The molecule has 0 amide bonds. The zero-order chi connectivity index (χ0) is 12.9. The van der Waals surface area contributed by atoms with Gasteiger partial charge < -0.3 is 15.4 Å². The molecule has 0 heterocycles. The van der Waals surface area contributed by atoms with E-state index in [1.165, 1.54) is 7.11 Å². The van der Waals surface area contributed by atoms with Crippen LogP contribution in [0.1, 0.15) is 20.8 Å². The molecule has 0 radical (unpaired) electrons. The van der Waals surface area contributed by atoms with Crippen molar-refractivity contribution in [2.45, 2.75) is 20.8 Å². The Kier molecular flexibility index (Phi) is 5.89. The Labute approximate surface area is 103 Å². The Morgan fingerprint density at radius 2 is 2.06 bits per heavy atom. The van der Waals surface area contributed by atoms with Crippen LogP contribution in [0.25, 0.3) is 0 Å². The molecule has 2 N–H and O–H groups in total. The van der Waals surface area contributed by atoms with Gasteiger partial charge in [-0.15, -0.1) is 0 Å². The van der Waals surface area contributed by atoms with Gasteiger partial charge >= 0.3 is 5.97 Å². The SMILES string of the molecule is COC(=O)C(C)(C)CN(C)CC(C)C(N)=S. The zero-order valence-corrected chi connectivity index (χ0v) is 11.6. The molecule has 0 spiro atoms. The van der Waals surface area contributed by atoms with E-state index in [1.54, 1.807) is 0 Å². The van der Waals surface area contributed by atoms with Gasteiger partial charge in [-0.1, -0.05) is 19.1 Å². The molecule has 0 saturated heterocycles. The van der Waals surface area contributed by atoms with Gasteiger partial charge in [0.15, 0.2) is 0 Å². The molecule has 0 fully saturated rings. The van der Waals surface area contributed by atoms with Gasteiger partial charge in [-0.3, -0.25) is 4.79 Å². The van der Waals surface area contributed by atoms with E-state index in [4.69, 9.17) is 22.7 Å². The second-order valence-corrected chi connectivity index (χ2v) is 5.35. The van der Waals surface area contributed by atoms with Crippen LogP contribution in [0, 0.1) is 11.3 Å². The van der Waals surface area contributed by atoms with Crippen LogP contribution < -0.4 is 5.73 Å². The molecule has 1 unspecified atom stereocenters. The third kappa shape index (κ3) is 4.90. The molecular weight excluding hydrogens is 224 g/mol. The molecule has 4 nitrogen and oxygen atoms in total. The van der Waals surface area contributed by atoms with Gasteiger partial charge in [0.25, 0.3) is 0 Å². The lowest BCUT2D eigenvalue weighted by molar-refractivity contribution is -0.151. The number of rotatable bonds is 6. The molecule has 16 heavy (non-hydrogen) atoms. The summed E-state index contributed by atoms with van der Waals surface area (Å²) < 4.78 is 4.75. The van der Waals surface area contributed by atoms with E-state index < -0.39 is 5.41 Å². The summed E-state index contributed by atoms with van der Waals surface area (Å²) >= 11 is 4.91. The summed E-state index contributed by atoms with van der Waals surface area (Å²) in [4.78, 5) is 14.0. The first kappa shape index (κ1) is 15.3. The summed E-state index contributed by atoms with van der Waals surface area (Å²) in [5.41, 5.74) is 5.03. The van der Waals surface area contributed by atoms with Crippen LogP contribution in [0.5, 0.6) is 0 Å². The van der Waals surface area contributed by atoms with E-state index in [0.29, 0.717) is 11.5 Å². The van der Waals surface area contributed by atoms with Crippen molar-refractivity contribution in [2.24, 2.45) is 17.1 Å². The maximum atomic E-state index is 11.5. The van der Waals surface area contributed by atoms with Crippen molar-refractivity contribution in [1.82, 2.24) is 4.90 Å². The number of nitrogens with two attached hydrogens (primary N) is 1. The number of thiocarbonyl (C=S) groups is 1. The number of hydrogen-bond acceptors (Lipinski definition) is 4. The fourth-order valence-electron chi connectivity index (χ4n) is 1.64. The second-order valence-electron chi connectivity index (χ2n) is 4.88. The highest BCUT2D eigenvalue weighted by Gasteiger charge is 2.30. The highest BCUT2D eigenvalue weighted by molar-refractivity contribution is 7.80. The van der Waals surface area contributed by atoms with Crippen LogP contribution in [0.3, 0.4) is 0 Å². The Morgan fingerprint density at radius 3 is 2.44 bits per heavy atom. The Bertz CT molecular complexity index is 267. The first-order valence-corrected chi connectivity index (χ1v) is 5.68. The topological polar surface area (TPSA) is 55.6 Å². The second kappa shape index (κ2) is 6.15. The van der Waals surface area contributed by atoms with E-state index in [1.807, 2.05) is 32.7 Å². The van der Waals surface area contributed by atoms with E-state index >= 15 is 0 Å². The average molecular weight is 246 g/mol. The van der Waals surface area contributed by atoms with Crippen molar-refractivity contribution in [2.75, 3.05) is 27.2 Å². The molecule has 0 aromatic heterocycles. The predicted molar refractivity (Wildman–Crippen MR) is 69.2 cm³/mol. The van der Waals surface area contributed by atoms with Gasteiger partial charge in [-0.05, 0) is 20.9 Å². The van der Waals surface area contributed by atoms with Gasteiger partial charge in [0.2, 0.25) is 0 Å².